The minimum absolute atomic E-state index is 0.0232. The van der Waals surface area contributed by atoms with Gasteiger partial charge in [-0.3, -0.25) is 4.79 Å². The molecule has 1 aliphatic carbocycles. The molecule has 1 aromatic heterocycles. The number of nitrogens with zero attached hydrogens (tertiary/aromatic N) is 2. The van der Waals surface area contributed by atoms with Crippen molar-refractivity contribution in [3.8, 4) is 5.75 Å². The summed E-state index contributed by atoms with van der Waals surface area (Å²) in [5.41, 5.74) is 1.86. The molecule has 3 rings (SSSR count). The number of carbonyl (C=O) groups excluding carboxylic acids is 1. The summed E-state index contributed by atoms with van der Waals surface area (Å²) in [7, 11) is 3.35. The van der Waals surface area contributed by atoms with E-state index in [4.69, 9.17) is 9.47 Å². The van der Waals surface area contributed by atoms with E-state index in [1.165, 1.54) is 0 Å². The van der Waals surface area contributed by atoms with Crippen LogP contribution in [-0.4, -0.2) is 42.2 Å². The highest BCUT2D eigenvalue weighted by molar-refractivity contribution is 5.79. The Morgan fingerprint density at radius 1 is 1.21 bits per heavy atom. The summed E-state index contributed by atoms with van der Waals surface area (Å²) in [5, 5.41) is 6.48. The second-order valence-corrected chi connectivity index (χ2v) is 7.11. The van der Waals surface area contributed by atoms with Crippen LogP contribution in [-0.2, 0) is 16.1 Å². The van der Waals surface area contributed by atoms with Crippen molar-refractivity contribution in [3.63, 3.8) is 0 Å². The summed E-state index contributed by atoms with van der Waals surface area (Å²) < 4.78 is 11.0. The van der Waals surface area contributed by atoms with Crippen LogP contribution in [0.3, 0.4) is 0 Å². The van der Waals surface area contributed by atoms with Crippen LogP contribution in [0, 0.1) is 12.8 Å². The van der Waals surface area contributed by atoms with E-state index in [1.807, 2.05) is 37.3 Å². The van der Waals surface area contributed by atoms with Crippen molar-refractivity contribution in [3.05, 3.63) is 47.9 Å². The fourth-order valence-corrected chi connectivity index (χ4v) is 3.71. The summed E-state index contributed by atoms with van der Waals surface area (Å²) >= 11 is 0. The lowest BCUT2D eigenvalue weighted by atomic mass is 9.83. The molecular weight excluding hydrogens is 356 g/mol. The first-order valence-electron chi connectivity index (χ1n) is 9.58. The predicted molar refractivity (Wildman–Crippen MR) is 107 cm³/mol. The average Bonchev–Trinajstić information content (AvgIpc) is 2.72. The molecule has 7 nitrogen and oxygen atoms in total. The van der Waals surface area contributed by atoms with E-state index in [0.717, 1.165) is 35.7 Å². The molecule has 3 atom stereocenters. The van der Waals surface area contributed by atoms with Gasteiger partial charge in [0.25, 0.3) is 0 Å². The van der Waals surface area contributed by atoms with Crippen LogP contribution in [0.4, 0.5) is 5.82 Å². The normalized spacial score (nSPS) is 21.8. The Morgan fingerprint density at radius 2 is 2.04 bits per heavy atom. The molecule has 0 radical (unpaired) electrons. The van der Waals surface area contributed by atoms with E-state index in [9.17, 15) is 4.79 Å². The molecule has 0 saturated heterocycles. The molecular formula is C21H28N4O3. The number of anilines is 1. The summed E-state index contributed by atoms with van der Waals surface area (Å²) in [6.45, 7) is 2.38. The first-order valence-corrected chi connectivity index (χ1v) is 9.58. The smallest absolute Gasteiger partial charge is 0.223 e. The summed E-state index contributed by atoms with van der Waals surface area (Å²) in [6, 6.07) is 9.64. The van der Waals surface area contributed by atoms with Gasteiger partial charge < -0.3 is 20.1 Å². The van der Waals surface area contributed by atoms with Crippen LogP contribution in [0.25, 0.3) is 0 Å². The van der Waals surface area contributed by atoms with E-state index < -0.39 is 0 Å². The second kappa shape index (κ2) is 9.50. The standard InChI is InChI=1S/C21H28N4O3/c1-14-10-20(24-13-23-14)25-17-11-15(8-9-19(17)28-3)21(26)22-12-16-6-4-5-7-18(16)27-2/h4-7,10,13,15,17,19H,8-9,11-12H2,1-3H3,(H,22,26)(H,23,24,25)/t15-,17+,19+/m0/s1. The molecule has 7 heteroatoms. The van der Waals surface area contributed by atoms with Gasteiger partial charge in [0.15, 0.2) is 0 Å². The van der Waals surface area contributed by atoms with Crippen LogP contribution < -0.4 is 15.4 Å². The number of rotatable bonds is 7. The van der Waals surface area contributed by atoms with Crippen molar-refractivity contribution < 1.29 is 14.3 Å². The van der Waals surface area contributed by atoms with Gasteiger partial charge in [0.05, 0.1) is 19.3 Å². The number of amides is 1. The number of aromatic nitrogens is 2. The number of hydrogen-bond acceptors (Lipinski definition) is 6. The molecule has 1 heterocycles. The highest BCUT2D eigenvalue weighted by Gasteiger charge is 2.34. The van der Waals surface area contributed by atoms with Gasteiger partial charge in [-0.1, -0.05) is 18.2 Å². The molecule has 28 heavy (non-hydrogen) atoms. The monoisotopic (exact) mass is 384 g/mol. The van der Waals surface area contributed by atoms with E-state index in [1.54, 1.807) is 20.5 Å². The number of nitrogens with one attached hydrogen (secondary N) is 2. The minimum Gasteiger partial charge on any atom is -0.496 e. The fourth-order valence-electron chi connectivity index (χ4n) is 3.71. The van der Waals surface area contributed by atoms with E-state index in [2.05, 4.69) is 20.6 Å². The number of ether oxygens (including phenoxy) is 2. The summed E-state index contributed by atoms with van der Waals surface area (Å²) in [5.74, 6) is 1.53. The van der Waals surface area contributed by atoms with Crippen molar-refractivity contribution in [1.82, 2.24) is 15.3 Å². The topological polar surface area (TPSA) is 85.4 Å². The van der Waals surface area contributed by atoms with Gasteiger partial charge in [-0.25, -0.2) is 9.97 Å². The van der Waals surface area contributed by atoms with E-state index in [-0.39, 0.29) is 24.0 Å². The molecule has 0 spiro atoms. The minimum atomic E-state index is -0.0680. The maximum absolute atomic E-state index is 12.8. The number of hydrogen-bond donors (Lipinski definition) is 2. The molecule has 1 amide bonds. The Morgan fingerprint density at radius 3 is 2.79 bits per heavy atom. The highest BCUT2D eigenvalue weighted by atomic mass is 16.5. The number of para-hydroxylation sites is 1. The third-order valence-corrected chi connectivity index (χ3v) is 5.24. The SMILES string of the molecule is COc1ccccc1CNC(=O)[C@H]1CC[C@@H](OC)[C@H](Nc2cc(C)ncn2)C1. The molecule has 2 N–H and O–H groups in total. The largest absolute Gasteiger partial charge is 0.496 e. The molecule has 150 valence electrons. The summed E-state index contributed by atoms with van der Waals surface area (Å²) in [6.07, 6.45) is 3.91. The van der Waals surface area contributed by atoms with Crippen molar-refractivity contribution in [1.29, 1.82) is 0 Å². The second-order valence-electron chi connectivity index (χ2n) is 7.11. The maximum atomic E-state index is 12.8. The molecule has 1 aromatic carbocycles. The van der Waals surface area contributed by atoms with Gasteiger partial charge in [0.2, 0.25) is 5.91 Å². The average molecular weight is 384 g/mol. The van der Waals surface area contributed by atoms with Crippen LogP contribution >= 0.6 is 0 Å². The Balaban J connectivity index is 1.61. The lowest BCUT2D eigenvalue weighted by Gasteiger charge is -2.35. The predicted octanol–water partition coefficient (Wildman–Crippen LogP) is 2.71. The van der Waals surface area contributed by atoms with E-state index >= 15 is 0 Å². The van der Waals surface area contributed by atoms with Gasteiger partial charge in [-0.05, 0) is 32.3 Å². The van der Waals surface area contributed by atoms with Crippen molar-refractivity contribution in [2.75, 3.05) is 19.5 Å². The number of carbonyl (C=O) groups is 1. The first-order chi connectivity index (χ1) is 13.6. The van der Waals surface area contributed by atoms with Crippen molar-refractivity contribution in [2.24, 2.45) is 5.92 Å². The van der Waals surface area contributed by atoms with Crippen LogP contribution in [0.5, 0.6) is 5.75 Å². The lowest BCUT2D eigenvalue weighted by Crippen LogP contribution is -2.45. The highest BCUT2D eigenvalue weighted by Crippen LogP contribution is 2.29. The third kappa shape index (κ3) is 4.98. The zero-order chi connectivity index (χ0) is 19.9. The Kier molecular flexibility index (Phi) is 6.81. The zero-order valence-corrected chi connectivity index (χ0v) is 16.6. The number of benzene rings is 1. The van der Waals surface area contributed by atoms with Gasteiger partial charge >= 0.3 is 0 Å². The Labute approximate surface area is 165 Å². The molecule has 1 aliphatic rings. The molecule has 1 saturated carbocycles. The molecule has 0 unspecified atom stereocenters. The first kappa shape index (κ1) is 20.1. The van der Waals surface area contributed by atoms with E-state index in [0.29, 0.717) is 13.0 Å². The summed E-state index contributed by atoms with van der Waals surface area (Å²) in [4.78, 5) is 21.2. The van der Waals surface area contributed by atoms with Crippen LogP contribution in [0.1, 0.15) is 30.5 Å². The van der Waals surface area contributed by atoms with Crippen molar-refractivity contribution >= 4 is 11.7 Å². The lowest BCUT2D eigenvalue weighted by molar-refractivity contribution is -0.127. The van der Waals surface area contributed by atoms with Gasteiger partial charge in [0, 0.05) is 36.9 Å². The molecule has 0 aliphatic heterocycles. The third-order valence-electron chi connectivity index (χ3n) is 5.24. The zero-order valence-electron chi connectivity index (χ0n) is 16.6. The molecule has 1 fully saturated rings. The quantitative estimate of drug-likeness (QED) is 0.763. The van der Waals surface area contributed by atoms with Gasteiger partial charge in [-0.2, -0.15) is 0 Å². The Hall–Kier alpha value is -2.67. The number of aryl methyl sites for hydroxylation is 1. The molecule has 2 aromatic rings. The van der Waals surface area contributed by atoms with Gasteiger partial charge in [0.1, 0.15) is 17.9 Å². The molecule has 0 bridgehead atoms. The van der Waals surface area contributed by atoms with Crippen LogP contribution in [0.2, 0.25) is 0 Å². The van der Waals surface area contributed by atoms with Gasteiger partial charge in [-0.15, -0.1) is 0 Å². The van der Waals surface area contributed by atoms with Crippen molar-refractivity contribution in [2.45, 2.75) is 44.9 Å². The van der Waals surface area contributed by atoms with Crippen LogP contribution in [0.15, 0.2) is 36.7 Å². The Bertz CT molecular complexity index is 799. The maximum Gasteiger partial charge on any atom is 0.223 e. The number of methoxy groups -OCH3 is 2. The fraction of sp³-hybridized carbons (Fsp3) is 0.476.